The molecule has 0 spiro atoms. The lowest BCUT2D eigenvalue weighted by molar-refractivity contribution is -0.157. The summed E-state index contributed by atoms with van der Waals surface area (Å²) in [5, 5.41) is 0.0429. The minimum absolute atomic E-state index is 0.0141. The second-order valence-corrected chi connectivity index (χ2v) is 14.2. The number of carbonyl (C=O) groups is 2. The third kappa shape index (κ3) is 6.02. The van der Waals surface area contributed by atoms with Crippen molar-refractivity contribution < 1.29 is 23.5 Å². The van der Waals surface area contributed by atoms with Gasteiger partial charge in [-0.05, 0) is 49.3 Å². The largest absolute Gasteiger partial charge is 0.497 e. The average molecular weight is 458 g/mol. The fourth-order valence-corrected chi connectivity index (χ4v) is 4.71. The van der Waals surface area contributed by atoms with Crippen LogP contribution in [-0.4, -0.2) is 58.0 Å². The van der Waals surface area contributed by atoms with Crippen molar-refractivity contribution >= 4 is 20.2 Å². The SMILES string of the molecule is COC(=O)/C=C/CN1C(=O)[C@H]([C@@H](C)O[Si](C)(C)C(C)(C)C)[C@H]1C#Cc1ccc(OC)cc1. The van der Waals surface area contributed by atoms with Crippen molar-refractivity contribution in [2.24, 2.45) is 5.92 Å². The highest BCUT2D eigenvalue weighted by molar-refractivity contribution is 6.74. The maximum atomic E-state index is 13.0. The zero-order valence-corrected chi connectivity index (χ0v) is 21.4. The number of hydrogen-bond acceptors (Lipinski definition) is 5. The van der Waals surface area contributed by atoms with Crippen molar-refractivity contribution in [2.75, 3.05) is 20.8 Å². The summed E-state index contributed by atoms with van der Waals surface area (Å²) in [5.74, 6) is 6.39. The lowest BCUT2D eigenvalue weighted by Gasteiger charge is -2.49. The molecule has 1 saturated heterocycles. The van der Waals surface area contributed by atoms with Crippen molar-refractivity contribution in [1.29, 1.82) is 0 Å². The van der Waals surface area contributed by atoms with Gasteiger partial charge in [0.25, 0.3) is 0 Å². The number of likely N-dealkylation sites (tertiary alicyclic amines) is 1. The van der Waals surface area contributed by atoms with Crippen LogP contribution in [-0.2, 0) is 18.8 Å². The summed E-state index contributed by atoms with van der Waals surface area (Å²) in [5.41, 5.74) is 0.840. The van der Waals surface area contributed by atoms with Gasteiger partial charge in [-0.3, -0.25) is 4.79 Å². The molecule has 0 saturated carbocycles. The Labute approximate surface area is 193 Å². The topological polar surface area (TPSA) is 65.1 Å². The minimum atomic E-state index is -2.05. The van der Waals surface area contributed by atoms with E-state index in [-0.39, 0.29) is 29.0 Å². The third-order valence-corrected chi connectivity index (χ3v) is 10.8. The summed E-state index contributed by atoms with van der Waals surface area (Å²) >= 11 is 0. The molecule has 1 aliphatic heterocycles. The Morgan fingerprint density at radius 1 is 1.22 bits per heavy atom. The van der Waals surface area contributed by atoms with Crippen LogP contribution in [0.4, 0.5) is 0 Å². The first-order valence-corrected chi connectivity index (χ1v) is 13.7. The first-order chi connectivity index (χ1) is 14.9. The van der Waals surface area contributed by atoms with Gasteiger partial charge in [0, 0.05) is 18.2 Å². The molecule has 0 radical (unpaired) electrons. The van der Waals surface area contributed by atoms with Crippen LogP contribution >= 0.6 is 0 Å². The van der Waals surface area contributed by atoms with E-state index in [1.54, 1.807) is 18.1 Å². The molecule has 0 aliphatic carbocycles. The number of rotatable bonds is 7. The lowest BCUT2D eigenvalue weighted by Crippen LogP contribution is -2.65. The Balaban J connectivity index is 2.25. The van der Waals surface area contributed by atoms with Crippen LogP contribution in [0.5, 0.6) is 5.75 Å². The van der Waals surface area contributed by atoms with Crippen LogP contribution in [0.2, 0.25) is 18.1 Å². The number of hydrogen-bond donors (Lipinski definition) is 0. The van der Waals surface area contributed by atoms with Crippen LogP contribution in [0.15, 0.2) is 36.4 Å². The maximum Gasteiger partial charge on any atom is 0.330 e. The summed E-state index contributed by atoms with van der Waals surface area (Å²) in [6, 6.07) is 7.18. The molecule has 3 atom stereocenters. The van der Waals surface area contributed by atoms with Crippen LogP contribution < -0.4 is 4.74 Å². The molecular weight excluding hydrogens is 422 g/mol. The Bertz CT molecular complexity index is 905. The van der Waals surface area contributed by atoms with E-state index in [4.69, 9.17) is 9.16 Å². The van der Waals surface area contributed by atoms with Gasteiger partial charge in [-0.1, -0.05) is 38.7 Å². The number of esters is 1. The van der Waals surface area contributed by atoms with Crippen LogP contribution in [0.3, 0.4) is 0 Å². The van der Waals surface area contributed by atoms with E-state index in [1.807, 2.05) is 31.2 Å². The second-order valence-electron chi connectivity index (χ2n) is 9.47. The molecule has 1 aliphatic rings. The number of nitrogens with zero attached hydrogens (tertiary/aromatic N) is 1. The maximum absolute atomic E-state index is 13.0. The molecule has 0 unspecified atom stereocenters. The van der Waals surface area contributed by atoms with E-state index in [2.05, 4.69) is 50.4 Å². The predicted molar refractivity (Wildman–Crippen MR) is 128 cm³/mol. The van der Waals surface area contributed by atoms with Gasteiger partial charge in [-0.25, -0.2) is 4.79 Å². The fraction of sp³-hybridized carbons (Fsp3) is 0.520. The standard InChI is InChI=1S/C25H35NO5Si/c1-18(31-32(7,8)25(2,3)4)23-21(16-13-19-11-14-20(29-5)15-12-19)26(24(23)28)17-9-10-22(27)30-6/h9-12,14-15,18,21,23H,17H2,1-8H3/b10-9+/t18-,21-,23-/m1/s1. The fourth-order valence-electron chi connectivity index (χ4n) is 3.28. The molecule has 32 heavy (non-hydrogen) atoms. The molecule has 0 N–H and O–H groups in total. The van der Waals surface area contributed by atoms with Gasteiger partial charge in [-0.15, -0.1) is 0 Å². The summed E-state index contributed by atoms with van der Waals surface area (Å²) in [7, 11) is 0.895. The van der Waals surface area contributed by atoms with Crippen molar-refractivity contribution in [3.63, 3.8) is 0 Å². The average Bonchev–Trinajstić information content (AvgIpc) is 2.72. The number of ether oxygens (including phenoxy) is 2. The quantitative estimate of drug-likeness (QED) is 0.203. The highest BCUT2D eigenvalue weighted by Gasteiger charge is 2.51. The van der Waals surface area contributed by atoms with Gasteiger partial charge >= 0.3 is 5.97 Å². The molecule has 1 aromatic carbocycles. The second kappa shape index (κ2) is 10.4. The first kappa shape index (κ1) is 25.7. The molecule has 6 nitrogen and oxygen atoms in total. The molecule has 0 aromatic heterocycles. The van der Waals surface area contributed by atoms with Crippen molar-refractivity contribution in [3.05, 3.63) is 42.0 Å². The highest BCUT2D eigenvalue weighted by Crippen LogP contribution is 2.40. The zero-order chi connectivity index (χ0) is 24.1. The van der Waals surface area contributed by atoms with Crippen molar-refractivity contribution in [2.45, 2.75) is 58.0 Å². The summed E-state index contributed by atoms with van der Waals surface area (Å²) < 4.78 is 16.3. The molecule has 1 aromatic rings. The van der Waals surface area contributed by atoms with E-state index < -0.39 is 14.3 Å². The molecule has 174 valence electrons. The normalized spacial score (nSPS) is 19.8. The summed E-state index contributed by atoms with van der Waals surface area (Å²) in [6.07, 6.45) is 2.70. The van der Waals surface area contributed by atoms with Gasteiger partial charge in [0.05, 0.1) is 26.2 Å². The van der Waals surface area contributed by atoms with Crippen molar-refractivity contribution in [3.8, 4) is 17.6 Å². The predicted octanol–water partition coefficient (Wildman–Crippen LogP) is 4.01. The van der Waals surface area contributed by atoms with Gasteiger partial charge in [0.1, 0.15) is 11.8 Å². The van der Waals surface area contributed by atoms with Crippen LogP contribution in [0, 0.1) is 17.8 Å². The highest BCUT2D eigenvalue weighted by atomic mass is 28.4. The Kier molecular flexibility index (Phi) is 8.33. The smallest absolute Gasteiger partial charge is 0.330 e. The third-order valence-electron chi connectivity index (χ3n) is 6.25. The number of methoxy groups -OCH3 is 2. The first-order valence-electron chi connectivity index (χ1n) is 10.8. The van der Waals surface area contributed by atoms with Crippen LogP contribution in [0.25, 0.3) is 0 Å². The molecule has 0 bridgehead atoms. The number of β-lactam (4-membered cyclic amide) rings is 1. The molecule has 2 rings (SSSR count). The van der Waals surface area contributed by atoms with Crippen molar-refractivity contribution in [1.82, 2.24) is 4.90 Å². The van der Waals surface area contributed by atoms with Gasteiger partial charge in [-0.2, -0.15) is 0 Å². The number of amides is 1. The lowest BCUT2D eigenvalue weighted by atomic mass is 9.83. The zero-order valence-electron chi connectivity index (χ0n) is 20.4. The minimum Gasteiger partial charge on any atom is -0.497 e. The Morgan fingerprint density at radius 2 is 1.84 bits per heavy atom. The Morgan fingerprint density at radius 3 is 2.38 bits per heavy atom. The Hall–Kier alpha value is -2.56. The molecule has 1 heterocycles. The van der Waals surface area contributed by atoms with E-state index in [0.29, 0.717) is 6.54 Å². The van der Waals surface area contributed by atoms with E-state index in [9.17, 15) is 9.59 Å². The van der Waals surface area contributed by atoms with E-state index >= 15 is 0 Å². The van der Waals surface area contributed by atoms with Gasteiger partial charge in [0.15, 0.2) is 8.32 Å². The molecule has 1 amide bonds. The van der Waals surface area contributed by atoms with Gasteiger partial charge < -0.3 is 18.8 Å². The number of carbonyl (C=O) groups excluding carboxylic acids is 2. The molecule has 1 fully saturated rings. The van der Waals surface area contributed by atoms with Crippen LogP contribution in [0.1, 0.15) is 33.3 Å². The van der Waals surface area contributed by atoms with E-state index in [1.165, 1.54) is 13.2 Å². The summed E-state index contributed by atoms with van der Waals surface area (Å²) in [6.45, 7) is 13.2. The number of benzene rings is 1. The van der Waals surface area contributed by atoms with Gasteiger partial charge in [0.2, 0.25) is 5.91 Å². The molecular formula is C25H35NO5Si. The van der Waals surface area contributed by atoms with E-state index in [0.717, 1.165) is 11.3 Å². The summed E-state index contributed by atoms with van der Waals surface area (Å²) in [4.78, 5) is 26.1. The molecule has 7 heteroatoms. The monoisotopic (exact) mass is 457 g/mol.